The molecule has 1 rings (SSSR count). The van der Waals surface area contributed by atoms with Crippen molar-refractivity contribution < 1.29 is 4.79 Å². The molecule has 0 aliphatic rings. The van der Waals surface area contributed by atoms with E-state index in [1.807, 2.05) is 6.92 Å². The zero-order valence-electron chi connectivity index (χ0n) is 10.9. The minimum absolute atomic E-state index is 0.0609. The highest BCUT2D eigenvalue weighted by molar-refractivity contribution is 5.77. The molecule has 0 aromatic heterocycles. The molecule has 0 unspecified atom stereocenters. The molecule has 1 amide bonds. The smallest absolute Gasteiger partial charge is 0.233 e. The van der Waals surface area contributed by atoms with Gasteiger partial charge in [0.2, 0.25) is 5.91 Å². The molecule has 3 nitrogen and oxygen atoms in total. The van der Waals surface area contributed by atoms with E-state index in [1.54, 1.807) is 0 Å². The zero-order valence-corrected chi connectivity index (χ0v) is 10.9. The van der Waals surface area contributed by atoms with Crippen molar-refractivity contribution >= 4 is 5.91 Å². The minimum atomic E-state index is 0.0609. The summed E-state index contributed by atoms with van der Waals surface area (Å²) in [6.45, 7) is 7.30. The van der Waals surface area contributed by atoms with Gasteiger partial charge in [-0.2, -0.15) is 0 Å². The fourth-order valence-corrected chi connectivity index (χ4v) is 1.55. The van der Waals surface area contributed by atoms with Crippen LogP contribution in [0.5, 0.6) is 0 Å². The number of aryl methyl sites for hydroxylation is 1. The van der Waals surface area contributed by atoms with Gasteiger partial charge < -0.3 is 10.6 Å². The van der Waals surface area contributed by atoms with Gasteiger partial charge in [-0.05, 0) is 25.8 Å². The third kappa shape index (κ3) is 5.00. The quantitative estimate of drug-likeness (QED) is 0.792. The Morgan fingerprint density at radius 1 is 1.29 bits per heavy atom. The maximum atomic E-state index is 11.4. The lowest BCUT2D eigenvalue weighted by molar-refractivity contribution is -0.120. The van der Waals surface area contributed by atoms with Crippen molar-refractivity contribution in [1.29, 1.82) is 0 Å². The topological polar surface area (TPSA) is 41.1 Å². The molecular weight excluding hydrogens is 212 g/mol. The summed E-state index contributed by atoms with van der Waals surface area (Å²) in [6, 6.07) is 8.56. The van der Waals surface area contributed by atoms with Gasteiger partial charge in [0.15, 0.2) is 0 Å². The van der Waals surface area contributed by atoms with Gasteiger partial charge in [-0.1, -0.05) is 36.8 Å². The Bertz CT molecular complexity index is 346. The number of hydrogen-bond acceptors (Lipinski definition) is 2. The van der Waals surface area contributed by atoms with Crippen LogP contribution in [0.4, 0.5) is 0 Å². The van der Waals surface area contributed by atoms with Crippen molar-refractivity contribution in [2.45, 2.75) is 33.2 Å². The predicted octanol–water partition coefficient (Wildman–Crippen LogP) is 2.17. The highest BCUT2D eigenvalue weighted by Gasteiger charge is 2.06. The van der Waals surface area contributed by atoms with E-state index in [1.165, 1.54) is 11.1 Å². The molecule has 0 heterocycles. The molecule has 0 aliphatic carbocycles. The van der Waals surface area contributed by atoms with Crippen LogP contribution in [0.1, 0.15) is 37.4 Å². The Kier molecular flexibility index (Phi) is 5.70. The highest BCUT2D eigenvalue weighted by Crippen LogP contribution is 2.12. The zero-order chi connectivity index (χ0) is 12.7. The number of carbonyl (C=O) groups excluding carboxylic acids is 1. The SMILES string of the molecule is CCCNC(=O)CN[C@H](C)c1ccc(C)cc1. The van der Waals surface area contributed by atoms with Crippen LogP contribution < -0.4 is 10.6 Å². The first-order chi connectivity index (χ1) is 8.13. The summed E-state index contributed by atoms with van der Waals surface area (Å²) in [5.41, 5.74) is 2.46. The Morgan fingerprint density at radius 2 is 1.94 bits per heavy atom. The highest BCUT2D eigenvalue weighted by atomic mass is 16.1. The molecule has 1 aromatic rings. The van der Waals surface area contributed by atoms with Crippen molar-refractivity contribution in [1.82, 2.24) is 10.6 Å². The van der Waals surface area contributed by atoms with Gasteiger partial charge in [0, 0.05) is 12.6 Å². The summed E-state index contributed by atoms with van der Waals surface area (Å²) in [7, 11) is 0. The fraction of sp³-hybridized carbons (Fsp3) is 0.500. The summed E-state index contributed by atoms with van der Waals surface area (Å²) in [6.07, 6.45) is 0.971. The molecule has 1 aromatic carbocycles. The van der Waals surface area contributed by atoms with Crippen molar-refractivity contribution in [3.63, 3.8) is 0 Å². The van der Waals surface area contributed by atoms with Gasteiger partial charge in [0.05, 0.1) is 6.54 Å². The second-order valence-electron chi connectivity index (χ2n) is 4.36. The molecule has 0 radical (unpaired) electrons. The van der Waals surface area contributed by atoms with Gasteiger partial charge in [0.25, 0.3) is 0 Å². The van der Waals surface area contributed by atoms with Crippen molar-refractivity contribution in [2.24, 2.45) is 0 Å². The van der Waals surface area contributed by atoms with E-state index < -0.39 is 0 Å². The van der Waals surface area contributed by atoms with Gasteiger partial charge in [-0.15, -0.1) is 0 Å². The number of hydrogen-bond donors (Lipinski definition) is 2. The minimum Gasteiger partial charge on any atom is -0.355 e. The van der Waals surface area contributed by atoms with E-state index in [4.69, 9.17) is 0 Å². The molecular formula is C14H22N2O. The van der Waals surface area contributed by atoms with E-state index >= 15 is 0 Å². The number of rotatable bonds is 6. The summed E-state index contributed by atoms with van der Waals surface area (Å²) >= 11 is 0. The standard InChI is InChI=1S/C14H22N2O/c1-4-9-15-14(17)10-16-12(3)13-7-5-11(2)6-8-13/h5-8,12,16H,4,9-10H2,1-3H3,(H,15,17)/t12-/m1/s1. The second-order valence-corrected chi connectivity index (χ2v) is 4.36. The molecule has 94 valence electrons. The second kappa shape index (κ2) is 7.07. The van der Waals surface area contributed by atoms with Crippen molar-refractivity contribution in [3.05, 3.63) is 35.4 Å². The lowest BCUT2D eigenvalue weighted by Crippen LogP contribution is -2.35. The Hall–Kier alpha value is -1.35. The van der Waals surface area contributed by atoms with Crippen LogP contribution in [0.2, 0.25) is 0 Å². The Morgan fingerprint density at radius 3 is 2.53 bits per heavy atom. The molecule has 0 saturated heterocycles. The third-order valence-electron chi connectivity index (χ3n) is 2.72. The van der Waals surface area contributed by atoms with Gasteiger partial charge >= 0.3 is 0 Å². The maximum absolute atomic E-state index is 11.4. The molecule has 0 fully saturated rings. The molecule has 17 heavy (non-hydrogen) atoms. The summed E-state index contributed by atoms with van der Waals surface area (Å²) in [4.78, 5) is 11.4. The summed E-state index contributed by atoms with van der Waals surface area (Å²) in [5.74, 6) is 0.0609. The molecule has 1 atom stereocenters. The largest absolute Gasteiger partial charge is 0.355 e. The molecule has 0 aliphatic heterocycles. The van der Waals surface area contributed by atoms with Gasteiger partial charge in [-0.3, -0.25) is 4.79 Å². The van der Waals surface area contributed by atoms with Crippen LogP contribution in [-0.4, -0.2) is 19.0 Å². The number of benzene rings is 1. The third-order valence-corrected chi connectivity index (χ3v) is 2.72. The van der Waals surface area contributed by atoms with Gasteiger partial charge in [0.1, 0.15) is 0 Å². The first-order valence-corrected chi connectivity index (χ1v) is 6.20. The van der Waals surface area contributed by atoms with E-state index in [9.17, 15) is 4.79 Å². The van der Waals surface area contributed by atoms with Crippen LogP contribution >= 0.6 is 0 Å². The molecule has 2 N–H and O–H groups in total. The van der Waals surface area contributed by atoms with Crippen molar-refractivity contribution in [3.8, 4) is 0 Å². The average Bonchev–Trinajstić information content (AvgIpc) is 2.34. The number of carbonyl (C=O) groups is 1. The van der Waals surface area contributed by atoms with Gasteiger partial charge in [-0.25, -0.2) is 0 Å². The summed E-state index contributed by atoms with van der Waals surface area (Å²) in [5, 5.41) is 6.06. The van der Waals surface area contributed by atoms with Crippen LogP contribution in [0, 0.1) is 6.92 Å². The lowest BCUT2D eigenvalue weighted by atomic mass is 10.1. The number of nitrogens with one attached hydrogen (secondary N) is 2. The van der Waals surface area contributed by atoms with Crippen LogP contribution in [0.3, 0.4) is 0 Å². The van der Waals surface area contributed by atoms with Crippen LogP contribution in [0.15, 0.2) is 24.3 Å². The Labute approximate surface area is 104 Å². The summed E-state index contributed by atoms with van der Waals surface area (Å²) < 4.78 is 0. The van der Waals surface area contributed by atoms with E-state index in [0.29, 0.717) is 6.54 Å². The molecule has 0 bridgehead atoms. The molecule has 0 saturated carbocycles. The van der Waals surface area contributed by atoms with E-state index in [2.05, 4.69) is 48.7 Å². The normalized spacial score (nSPS) is 12.2. The first kappa shape index (κ1) is 13.7. The van der Waals surface area contributed by atoms with E-state index in [0.717, 1.165) is 13.0 Å². The fourth-order valence-electron chi connectivity index (χ4n) is 1.55. The monoisotopic (exact) mass is 234 g/mol. The average molecular weight is 234 g/mol. The molecule has 0 spiro atoms. The molecule has 3 heteroatoms. The predicted molar refractivity (Wildman–Crippen MR) is 70.9 cm³/mol. The Balaban J connectivity index is 2.36. The van der Waals surface area contributed by atoms with Crippen molar-refractivity contribution in [2.75, 3.05) is 13.1 Å². The van der Waals surface area contributed by atoms with Crippen LogP contribution in [-0.2, 0) is 4.79 Å². The lowest BCUT2D eigenvalue weighted by Gasteiger charge is -2.14. The number of amides is 1. The van der Waals surface area contributed by atoms with Crippen LogP contribution in [0.25, 0.3) is 0 Å². The first-order valence-electron chi connectivity index (χ1n) is 6.20. The van der Waals surface area contributed by atoms with E-state index in [-0.39, 0.29) is 11.9 Å². The maximum Gasteiger partial charge on any atom is 0.233 e.